The highest BCUT2D eigenvalue weighted by Crippen LogP contribution is 2.07. The number of aliphatic carboxylic acids is 1. The van der Waals surface area contributed by atoms with Gasteiger partial charge in [-0.3, -0.25) is 10.2 Å². The van der Waals surface area contributed by atoms with Gasteiger partial charge in [0, 0.05) is 11.6 Å². The quantitative estimate of drug-likeness (QED) is 0.423. The molecule has 86 valence electrons. The van der Waals surface area contributed by atoms with Crippen molar-refractivity contribution < 1.29 is 9.90 Å². The molecule has 0 saturated heterocycles. The van der Waals surface area contributed by atoms with Crippen LogP contribution < -0.4 is 11.5 Å². The first-order chi connectivity index (χ1) is 7.49. The molecule has 0 spiro atoms. The first-order valence-electron chi connectivity index (χ1n) is 4.89. The Kier molecular flexibility index (Phi) is 4.02. The van der Waals surface area contributed by atoms with Gasteiger partial charge in [-0.1, -0.05) is 24.3 Å². The largest absolute Gasteiger partial charge is 0.481 e. The number of hydrogen-bond donors (Lipinski definition) is 4. The van der Waals surface area contributed by atoms with E-state index in [1.807, 2.05) is 0 Å². The molecule has 1 atom stereocenters. The van der Waals surface area contributed by atoms with Crippen molar-refractivity contribution in [2.24, 2.45) is 11.5 Å². The molecule has 0 heterocycles. The van der Waals surface area contributed by atoms with Crippen LogP contribution >= 0.6 is 0 Å². The van der Waals surface area contributed by atoms with Crippen molar-refractivity contribution in [2.75, 3.05) is 0 Å². The molecule has 0 radical (unpaired) electrons. The van der Waals surface area contributed by atoms with Crippen LogP contribution in [0.25, 0.3) is 0 Å². The molecule has 0 saturated carbocycles. The van der Waals surface area contributed by atoms with Crippen molar-refractivity contribution in [3.63, 3.8) is 0 Å². The fourth-order valence-electron chi connectivity index (χ4n) is 1.42. The predicted octanol–water partition coefficient (Wildman–Crippen LogP) is 0.315. The van der Waals surface area contributed by atoms with Gasteiger partial charge < -0.3 is 16.6 Å². The summed E-state index contributed by atoms with van der Waals surface area (Å²) in [6.45, 7) is 0. The van der Waals surface area contributed by atoms with Crippen LogP contribution in [-0.4, -0.2) is 23.0 Å². The van der Waals surface area contributed by atoms with Crippen LogP contribution in [0.3, 0.4) is 0 Å². The first-order valence-corrected chi connectivity index (χ1v) is 4.89. The van der Waals surface area contributed by atoms with Crippen molar-refractivity contribution in [3.8, 4) is 0 Å². The third-order valence-electron chi connectivity index (χ3n) is 2.20. The number of carbonyl (C=O) groups is 1. The van der Waals surface area contributed by atoms with Gasteiger partial charge in [0.1, 0.15) is 5.84 Å². The molecule has 0 bridgehead atoms. The second kappa shape index (κ2) is 5.27. The van der Waals surface area contributed by atoms with E-state index in [9.17, 15) is 4.79 Å². The van der Waals surface area contributed by atoms with E-state index in [4.69, 9.17) is 22.0 Å². The van der Waals surface area contributed by atoms with E-state index in [2.05, 4.69) is 0 Å². The second-order valence-corrected chi connectivity index (χ2v) is 3.67. The number of nitrogens with one attached hydrogen (secondary N) is 1. The van der Waals surface area contributed by atoms with Gasteiger partial charge in [0.25, 0.3) is 0 Å². The second-order valence-electron chi connectivity index (χ2n) is 3.67. The third kappa shape index (κ3) is 3.70. The highest BCUT2D eigenvalue weighted by molar-refractivity contribution is 5.94. The molecule has 0 fully saturated rings. The van der Waals surface area contributed by atoms with Gasteiger partial charge in [0.15, 0.2) is 0 Å². The van der Waals surface area contributed by atoms with Gasteiger partial charge in [-0.25, -0.2) is 0 Å². The van der Waals surface area contributed by atoms with Gasteiger partial charge in [-0.2, -0.15) is 0 Å². The lowest BCUT2D eigenvalue weighted by atomic mass is 10.0. The van der Waals surface area contributed by atoms with E-state index in [-0.39, 0.29) is 18.3 Å². The minimum absolute atomic E-state index is 0.0152. The van der Waals surface area contributed by atoms with Gasteiger partial charge in [-0.15, -0.1) is 0 Å². The lowest BCUT2D eigenvalue weighted by Crippen LogP contribution is -2.26. The Hall–Kier alpha value is -1.88. The molecule has 0 amide bonds. The first kappa shape index (κ1) is 12.2. The molecule has 0 aromatic heterocycles. The average molecular weight is 221 g/mol. The van der Waals surface area contributed by atoms with Gasteiger partial charge in [0.2, 0.25) is 0 Å². The zero-order valence-corrected chi connectivity index (χ0v) is 8.81. The average Bonchev–Trinajstić information content (AvgIpc) is 2.16. The molecule has 0 aliphatic heterocycles. The molecule has 1 rings (SSSR count). The van der Waals surface area contributed by atoms with Crippen molar-refractivity contribution >= 4 is 11.8 Å². The SMILES string of the molecule is N=C(N)c1ccc(C[C@H](N)CC(=O)O)cc1. The summed E-state index contributed by atoms with van der Waals surface area (Å²) in [6.07, 6.45) is 0.457. The van der Waals surface area contributed by atoms with Crippen LogP contribution in [-0.2, 0) is 11.2 Å². The Labute approximate surface area is 93.6 Å². The highest BCUT2D eigenvalue weighted by atomic mass is 16.4. The molecule has 0 aliphatic rings. The van der Waals surface area contributed by atoms with Gasteiger partial charge in [-0.05, 0) is 12.0 Å². The number of nitrogens with two attached hydrogens (primary N) is 2. The van der Waals surface area contributed by atoms with Crippen molar-refractivity contribution in [3.05, 3.63) is 35.4 Å². The third-order valence-corrected chi connectivity index (χ3v) is 2.20. The Morgan fingerprint density at radius 1 is 1.38 bits per heavy atom. The van der Waals surface area contributed by atoms with Crippen LogP contribution in [0.15, 0.2) is 24.3 Å². The molecule has 0 aliphatic carbocycles. The molecule has 0 unspecified atom stereocenters. The van der Waals surface area contributed by atoms with Gasteiger partial charge >= 0.3 is 5.97 Å². The zero-order valence-electron chi connectivity index (χ0n) is 8.81. The molecule has 5 nitrogen and oxygen atoms in total. The van der Waals surface area contributed by atoms with Gasteiger partial charge in [0.05, 0.1) is 6.42 Å². The Bertz CT molecular complexity index is 387. The normalized spacial score (nSPS) is 12.1. The maximum atomic E-state index is 10.4. The summed E-state index contributed by atoms with van der Waals surface area (Å²) in [5, 5.41) is 15.8. The van der Waals surface area contributed by atoms with E-state index in [0.29, 0.717) is 12.0 Å². The lowest BCUT2D eigenvalue weighted by molar-refractivity contribution is -0.137. The summed E-state index contributed by atoms with van der Waals surface area (Å²) in [7, 11) is 0. The monoisotopic (exact) mass is 221 g/mol. The summed E-state index contributed by atoms with van der Waals surface area (Å²) in [6, 6.07) is 6.67. The number of carboxylic acids is 1. The summed E-state index contributed by atoms with van der Waals surface area (Å²) in [5.41, 5.74) is 12.6. The van der Waals surface area contributed by atoms with Crippen LogP contribution in [0.4, 0.5) is 0 Å². The molecule has 5 heteroatoms. The Morgan fingerprint density at radius 3 is 2.38 bits per heavy atom. The molecule has 6 N–H and O–H groups in total. The minimum atomic E-state index is -0.896. The van der Waals surface area contributed by atoms with E-state index < -0.39 is 5.97 Å². The summed E-state index contributed by atoms with van der Waals surface area (Å²) in [5.74, 6) is -0.880. The number of nitrogen functional groups attached to an aromatic ring is 1. The number of benzene rings is 1. The summed E-state index contributed by atoms with van der Waals surface area (Å²) in [4.78, 5) is 10.4. The van der Waals surface area contributed by atoms with E-state index in [0.717, 1.165) is 5.56 Å². The van der Waals surface area contributed by atoms with E-state index in [1.165, 1.54) is 0 Å². The maximum absolute atomic E-state index is 10.4. The Balaban J connectivity index is 2.61. The number of hydrogen-bond acceptors (Lipinski definition) is 3. The minimum Gasteiger partial charge on any atom is -0.481 e. The molecular weight excluding hydrogens is 206 g/mol. The fourth-order valence-corrected chi connectivity index (χ4v) is 1.42. The van der Waals surface area contributed by atoms with Crippen molar-refractivity contribution in [2.45, 2.75) is 18.9 Å². The number of carboxylic acid groups (broad SMARTS) is 1. The molecule has 1 aromatic rings. The lowest BCUT2D eigenvalue weighted by Gasteiger charge is -2.09. The van der Waals surface area contributed by atoms with Crippen LogP contribution in [0.1, 0.15) is 17.5 Å². The topological polar surface area (TPSA) is 113 Å². The van der Waals surface area contributed by atoms with Crippen molar-refractivity contribution in [1.82, 2.24) is 0 Å². The number of rotatable bonds is 5. The van der Waals surface area contributed by atoms with Crippen LogP contribution in [0.2, 0.25) is 0 Å². The fraction of sp³-hybridized carbons (Fsp3) is 0.273. The molecule has 16 heavy (non-hydrogen) atoms. The Morgan fingerprint density at radius 2 is 1.94 bits per heavy atom. The molecule has 1 aromatic carbocycles. The number of amidine groups is 1. The highest BCUT2D eigenvalue weighted by Gasteiger charge is 2.08. The smallest absolute Gasteiger partial charge is 0.304 e. The zero-order chi connectivity index (χ0) is 12.1. The predicted molar refractivity (Wildman–Crippen MR) is 61.4 cm³/mol. The maximum Gasteiger partial charge on any atom is 0.304 e. The molecular formula is C11H15N3O2. The van der Waals surface area contributed by atoms with E-state index in [1.54, 1.807) is 24.3 Å². The van der Waals surface area contributed by atoms with Crippen molar-refractivity contribution in [1.29, 1.82) is 5.41 Å². The standard InChI is InChI=1S/C11H15N3O2/c12-9(6-10(15)16)5-7-1-3-8(4-2-7)11(13)14/h1-4,9H,5-6,12H2,(H3,13,14)(H,15,16)/t9-/m0/s1. The van der Waals surface area contributed by atoms with Crippen LogP contribution in [0.5, 0.6) is 0 Å². The summed E-state index contributed by atoms with van der Waals surface area (Å²) < 4.78 is 0. The summed E-state index contributed by atoms with van der Waals surface area (Å²) >= 11 is 0. The van der Waals surface area contributed by atoms with E-state index >= 15 is 0 Å². The van der Waals surface area contributed by atoms with Crippen LogP contribution in [0, 0.1) is 5.41 Å².